The van der Waals surface area contributed by atoms with Crippen LogP contribution in [-0.2, 0) is 5.54 Å². The number of hydrogen-bond acceptors (Lipinski definition) is 4. The van der Waals surface area contributed by atoms with Crippen molar-refractivity contribution in [3.63, 3.8) is 0 Å². The van der Waals surface area contributed by atoms with Crippen LogP contribution in [-0.4, -0.2) is 59.7 Å². The zero-order chi connectivity index (χ0) is 18.9. The van der Waals surface area contributed by atoms with Gasteiger partial charge in [-0.15, -0.1) is 0 Å². The molecule has 0 saturated heterocycles. The number of nitrogens with one attached hydrogen (secondary N) is 1. The molecule has 2 aromatic rings. The minimum atomic E-state index is -0.165. The molecule has 3 rings (SSSR count). The third kappa shape index (κ3) is 3.60. The quantitative estimate of drug-likeness (QED) is 0.896. The van der Waals surface area contributed by atoms with Crippen LogP contribution in [0.4, 0.5) is 5.82 Å². The van der Waals surface area contributed by atoms with Gasteiger partial charge in [-0.3, -0.25) is 4.79 Å². The van der Waals surface area contributed by atoms with Gasteiger partial charge >= 0.3 is 0 Å². The summed E-state index contributed by atoms with van der Waals surface area (Å²) in [6.45, 7) is 5.85. The van der Waals surface area contributed by atoms with Gasteiger partial charge in [0.2, 0.25) is 0 Å². The highest BCUT2D eigenvalue weighted by Gasteiger charge is 2.37. The maximum atomic E-state index is 13.0. The van der Waals surface area contributed by atoms with Crippen molar-refractivity contribution in [3.05, 3.63) is 47.7 Å². The molecule has 26 heavy (non-hydrogen) atoms. The average Bonchev–Trinajstić information content (AvgIpc) is 3.04. The number of fused-ring (bicyclic) bond motifs is 1. The monoisotopic (exact) mass is 355 g/mol. The smallest absolute Gasteiger partial charge is 0.259 e. The molecule has 1 unspecified atom stereocenters. The summed E-state index contributed by atoms with van der Waals surface area (Å²) in [4.78, 5) is 16.8. The number of amides is 1. The van der Waals surface area contributed by atoms with Gasteiger partial charge in [0.25, 0.3) is 5.91 Å². The lowest BCUT2D eigenvalue weighted by Gasteiger charge is -2.38. The molecule has 1 aliphatic rings. The molecule has 6 nitrogen and oxygen atoms in total. The first kappa shape index (κ1) is 18.5. The van der Waals surface area contributed by atoms with E-state index >= 15 is 0 Å². The van der Waals surface area contributed by atoms with Gasteiger partial charge < -0.3 is 15.1 Å². The fourth-order valence-corrected chi connectivity index (χ4v) is 3.45. The number of rotatable bonds is 5. The highest BCUT2D eigenvalue weighted by atomic mass is 16.2. The van der Waals surface area contributed by atoms with Crippen LogP contribution in [0.5, 0.6) is 0 Å². The molecule has 2 heterocycles. The Bertz CT molecular complexity index is 766. The fourth-order valence-electron chi connectivity index (χ4n) is 3.45. The van der Waals surface area contributed by atoms with Crippen LogP contribution in [0.1, 0.15) is 42.2 Å². The van der Waals surface area contributed by atoms with Crippen LogP contribution in [0.3, 0.4) is 0 Å². The first-order chi connectivity index (χ1) is 12.3. The molecule has 0 fully saturated rings. The number of anilines is 1. The SMILES string of the molecule is CN(C)CCN(C)C(=O)c1cnn2c1NC(c1ccccc1)CC2(C)C. The van der Waals surface area contributed by atoms with Crippen LogP contribution >= 0.6 is 0 Å². The number of nitrogens with zero attached hydrogens (tertiary/aromatic N) is 4. The van der Waals surface area contributed by atoms with Crippen molar-refractivity contribution in [2.75, 3.05) is 39.5 Å². The number of likely N-dealkylation sites (N-methyl/N-ethyl adjacent to an activating group) is 2. The summed E-state index contributed by atoms with van der Waals surface area (Å²) in [7, 11) is 5.86. The van der Waals surface area contributed by atoms with E-state index in [0.29, 0.717) is 12.1 Å². The van der Waals surface area contributed by atoms with Gasteiger partial charge in [-0.05, 0) is 39.9 Å². The molecular formula is C20H29N5O. The van der Waals surface area contributed by atoms with E-state index in [2.05, 4.69) is 53.4 Å². The number of aromatic nitrogens is 2. The number of benzene rings is 1. The summed E-state index contributed by atoms with van der Waals surface area (Å²) in [6, 6.07) is 10.5. The second-order valence-electron chi connectivity index (χ2n) is 7.97. The Kier molecular flexibility index (Phi) is 5.05. The van der Waals surface area contributed by atoms with Crippen molar-refractivity contribution < 1.29 is 4.79 Å². The Hall–Kier alpha value is -2.34. The molecule has 0 radical (unpaired) electrons. The summed E-state index contributed by atoms with van der Waals surface area (Å²) in [5.41, 5.74) is 1.70. The summed E-state index contributed by atoms with van der Waals surface area (Å²) < 4.78 is 1.96. The van der Waals surface area contributed by atoms with Crippen molar-refractivity contribution in [2.24, 2.45) is 0 Å². The summed E-state index contributed by atoms with van der Waals surface area (Å²) >= 11 is 0. The standard InChI is InChI=1S/C20H29N5O/c1-20(2)13-17(15-9-7-6-8-10-15)22-18-16(14-21-25(18)20)19(26)24(5)12-11-23(3)4/h6-10,14,17,22H,11-13H2,1-5H3. The Balaban J connectivity index is 1.89. The second kappa shape index (κ2) is 7.11. The van der Waals surface area contributed by atoms with Gasteiger partial charge in [0.05, 0.1) is 17.8 Å². The third-order valence-electron chi connectivity index (χ3n) is 5.02. The molecule has 0 bridgehead atoms. The van der Waals surface area contributed by atoms with Gasteiger partial charge in [-0.1, -0.05) is 30.3 Å². The van der Waals surface area contributed by atoms with Crippen LogP contribution in [0.2, 0.25) is 0 Å². The molecule has 1 amide bonds. The van der Waals surface area contributed by atoms with Gasteiger partial charge in [0.1, 0.15) is 11.4 Å². The Labute approximate surface area is 155 Å². The lowest BCUT2D eigenvalue weighted by atomic mass is 9.89. The molecular weight excluding hydrogens is 326 g/mol. The zero-order valence-corrected chi connectivity index (χ0v) is 16.4. The molecule has 1 aromatic heterocycles. The van der Waals surface area contributed by atoms with Gasteiger partial charge in [-0.2, -0.15) is 5.10 Å². The zero-order valence-electron chi connectivity index (χ0n) is 16.4. The number of carbonyl (C=O) groups is 1. The Morgan fingerprint density at radius 1 is 1.23 bits per heavy atom. The van der Waals surface area contributed by atoms with E-state index in [1.54, 1.807) is 11.1 Å². The Morgan fingerprint density at radius 3 is 2.58 bits per heavy atom. The van der Waals surface area contributed by atoms with Gasteiger partial charge in [-0.25, -0.2) is 4.68 Å². The van der Waals surface area contributed by atoms with E-state index in [0.717, 1.165) is 18.8 Å². The van der Waals surface area contributed by atoms with Crippen LogP contribution in [0.15, 0.2) is 36.5 Å². The molecule has 1 atom stereocenters. The normalized spacial score (nSPS) is 18.3. The van der Waals surface area contributed by atoms with Gasteiger partial charge in [0.15, 0.2) is 0 Å². The third-order valence-corrected chi connectivity index (χ3v) is 5.02. The molecule has 1 N–H and O–H groups in total. The predicted molar refractivity (Wildman–Crippen MR) is 104 cm³/mol. The Morgan fingerprint density at radius 2 is 1.92 bits per heavy atom. The molecule has 1 aliphatic heterocycles. The molecule has 6 heteroatoms. The summed E-state index contributed by atoms with van der Waals surface area (Å²) in [5, 5.41) is 8.09. The first-order valence-corrected chi connectivity index (χ1v) is 9.10. The van der Waals surface area contributed by atoms with E-state index < -0.39 is 0 Å². The van der Waals surface area contributed by atoms with Crippen molar-refractivity contribution >= 4 is 11.7 Å². The van der Waals surface area contributed by atoms with E-state index in [1.165, 1.54) is 5.56 Å². The lowest BCUT2D eigenvalue weighted by molar-refractivity contribution is 0.0786. The fraction of sp³-hybridized carbons (Fsp3) is 0.500. The molecule has 0 aliphatic carbocycles. The van der Waals surface area contributed by atoms with Crippen LogP contribution in [0.25, 0.3) is 0 Å². The van der Waals surface area contributed by atoms with E-state index in [4.69, 9.17) is 0 Å². The number of hydrogen-bond donors (Lipinski definition) is 1. The predicted octanol–water partition coefficient (Wildman–Crippen LogP) is 2.81. The van der Waals surface area contributed by atoms with E-state index in [-0.39, 0.29) is 17.5 Å². The summed E-state index contributed by atoms with van der Waals surface area (Å²) in [6.07, 6.45) is 2.61. The van der Waals surface area contributed by atoms with Gasteiger partial charge in [0, 0.05) is 20.1 Å². The average molecular weight is 355 g/mol. The van der Waals surface area contributed by atoms with Crippen molar-refractivity contribution in [2.45, 2.75) is 31.8 Å². The lowest BCUT2D eigenvalue weighted by Crippen LogP contribution is -2.39. The van der Waals surface area contributed by atoms with E-state index in [9.17, 15) is 4.79 Å². The molecule has 1 aromatic carbocycles. The largest absolute Gasteiger partial charge is 0.363 e. The minimum Gasteiger partial charge on any atom is -0.363 e. The topological polar surface area (TPSA) is 53.4 Å². The van der Waals surface area contributed by atoms with Crippen molar-refractivity contribution in [3.8, 4) is 0 Å². The van der Waals surface area contributed by atoms with Crippen molar-refractivity contribution in [1.82, 2.24) is 19.6 Å². The summed E-state index contributed by atoms with van der Waals surface area (Å²) in [5.74, 6) is 0.821. The molecule has 0 spiro atoms. The minimum absolute atomic E-state index is 0.00473. The van der Waals surface area contributed by atoms with Crippen LogP contribution < -0.4 is 5.32 Å². The maximum absolute atomic E-state index is 13.0. The van der Waals surface area contributed by atoms with E-state index in [1.807, 2.05) is 31.9 Å². The first-order valence-electron chi connectivity index (χ1n) is 9.10. The second-order valence-corrected chi connectivity index (χ2v) is 7.97. The highest BCUT2D eigenvalue weighted by Crippen LogP contribution is 2.39. The molecule has 140 valence electrons. The highest BCUT2D eigenvalue weighted by molar-refractivity contribution is 5.98. The maximum Gasteiger partial charge on any atom is 0.259 e. The van der Waals surface area contributed by atoms with Crippen molar-refractivity contribution in [1.29, 1.82) is 0 Å². The molecule has 0 saturated carbocycles. The number of carbonyl (C=O) groups excluding carboxylic acids is 1. The van der Waals surface area contributed by atoms with Crippen LogP contribution in [0, 0.1) is 0 Å².